The quantitative estimate of drug-likeness (QED) is 0.655. The van der Waals surface area contributed by atoms with Gasteiger partial charge in [0.05, 0.1) is 18.4 Å². The highest BCUT2D eigenvalue weighted by Gasteiger charge is 2.12. The van der Waals surface area contributed by atoms with Crippen LogP contribution in [0.2, 0.25) is 0 Å². The molecule has 0 fully saturated rings. The van der Waals surface area contributed by atoms with Crippen LogP contribution in [0.1, 0.15) is 21.7 Å². The molecule has 0 spiro atoms. The zero-order chi connectivity index (χ0) is 13.8. The van der Waals surface area contributed by atoms with E-state index in [2.05, 4.69) is 14.9 Å². The highest BCUT2D eigenvalue weighted by Crippen LogP contribution is 2.22. The van der Waals surface area contributed by atoms with Crippen LogP contribution in [0, 0.1) is 6.92 Å². The topological polar surface area (TPSA) is 100 Å². The van der Waals surface area contributed by atoms with E-state index in [4.69, 9.17) is 15.2 Å². The van der Waals surface area contributed by atoms with Gasteiger partial charge in [-0.25, -0.2) is 9.42 Å². The fourth-order valence-electron chi connectivity index (χ4n) is 1.46. The Morgan fingerprint density at radius 2 is 2.21 bits per heavy atom. The van der Waals surface area contributed by atoms with Crippen molar-refractivity contribution >= 4 is 11.7 Å². The fourth-order valence-corrected chi connectivity index (χ4v) is 1.46. The maximum atomic E-state index is 11.8. The summed E-state index contributed by atoms with van der Waals surface area (Å²) < 4.78 is 14.6. The van der Waals surface area contributed by atoms with Crippen molar-refractivity contribution < 1.29 is 18.9 Å². The zero-order valence-corrected chi connectivity index (χ0v) is 10.5. The second kappa shape index (κ2) is 5.38. The van der Waals surface area contributed by atoms with Gasteiger partial charge in [-0.2, -0.15) is 0 Å². The molecular formula is C12H13N3O4. The molecule has 1 aromatic carbocycles. The predicted molar refractivity (Wildman–Crippen MR) is 65.6 cm³/mol. The standard InChI is InChI=1S/C12H13N3O4/c1-7-10(15-19-14-7)6-18-12(16)8-3-4-11(17-2)9(13)5-8/h3-5H,6,13H2,1-2H3. The Bertz CT molecular complexity index is 594. The van der Waals surface area contributed by atoms with Crippen LogP contribution in [-0.2, 0) is 11.3 Å². The van der Waals surface area contributed by atoms with Crippen LogP contribution in [0.25, 0.3) is 0 Å². The molecule has 0 bridgehead atoms. The molecule has 0 saturated heterocycles. The Hall–Kier alpha value is -2.57. The zero-order valence-electron chi connectivity index (χ0n) is 10.5. The summed E-state index contributed by atoms with van der Waals surface area (Å²) in [6, 6.07) is 4.68. The summed E-state index contributed by atoms with van der Waals surface area (Å²) in [4.78, 5) is 11.8. The second-order valence-corrected chi connectivity index (χ2v) is 3.83. The van der Waals surface area contributed by atoms with E-state index >= 15 is 0 Å². The van der Waals surface area contributed by atoms with Gasteiger partial charge in [-0.1, -0.05) is 10.3 Å². The maximum Gasteiger partial charge on any atom is 0.338 e. The molecule has 2 aromatic rings. The highest BCUT2D eigenvalue weighted by molar-refractivity contribution is 5.91. The number of carbonyl (C=O) groups is 1. The number of aromatic nitrogens is 2. The maximum absolute atomic E-state index is 11.8. The molecule has 100 valence electrons. The molecule has 7 nitrogen and oxygen atoms in total. The van der Waals surface area contributed by atoms with Gasteiger partial charge in [-0.3, -0.25) is 0 Å². The van der Waals surface area contributed by atoms with Crippen molar-refractivity contribution in [1.82, 2.24) is 10.3 Å². The monoisotopic (exact) mass is 263 g/mol. The summed E-state index contributed by atoms with van der Waals surface area (Å²) in [5.41, 5.74) is 7.49. The lowest BCUT2D eigenvalue weighted by Gasteiger charge is -2.07. The second-order valence-electron chi connectivity index (χ2n) is 3.83. The number of aryl methyl sites for hydroxylation is 1. The van der Waals surface area contributed by atoms with Gasteiger partial charge in [0, 0.05) is 0 Å². The molecule has 7 heteroatoms. The first kappa shape index (κ1) is 12.9. The van der Waals surface area contributed by atoms with Crippen molar-refractivity contribution in [2.24, 2.45) is 0 Å². The number of esters is 1. The molecule has 19 heavy (non-hydrogen) atoms. The number of hydrogen-bond acceptors (Lipinski definition) is 7. The Labute approximate surface area is 109 Å². The van der Waals surface area contributed by atoms with Crippen molar-refractivity contribution in [3.63, 3.8) is 0 Å². The SMILES string of the molecule is COc1ccc(C(=O)OCc2nonc2C)cc1N. The normalized spacial score (nSPS) is 10.2. The predicted octanol–water partition coefficient (Wildman–Crippen LogP) is 1.33. The molecular weight excluding hydrogens is 250 g/mol. The van der Waals surface area contributed by atoms with Crippen LogP contribution in [0.3, 0.4) is 0 Å². The smallest absolute Gasteiger partial charge is 0.338 e. The molecule has 0 unspecified atom stereocenters. The van der Waals surface area contributed by atoms with Gasteiger partial charge in [0.15, 0.2) is 0 Å². The summed E-state index contributed by atoms with van der Waals surface area (Å²) in [5, 5.41) is 7.21. The Balaban J connectivity index is 2.04. The Kier molecular flexibility index (Phi) is 3.65. The minimum absolute atomic E-state index is 0.0000998. The van der Waals surface area contributed by atoms with E-state index in [9.17, 15) is 4.79 Å². The van der Waals surface area contributed by atoms with Crippen LogP contribution >= 0.6 is 0 Å². The van der Waals surface area contributed by atoms with E-state index in [0.29, 0.717) is 28.4 Å². The van der Waals surface area contributed by atoms with E-state index < -0.39 is 5.97 Å². The van der Waals surface area contributed by atoms with Gasteiger partial charge in [-0.05, 0) is 25.1 Å². The minimum Gasteiger partial charge on any atom is -0.495 e. The lowest BCUT2D eigenvalue weighted by molar-refractivity contribution is 0.0463. The average Bonchev–Trinajstić information content (AvgIpc) is 2.81. The van der Waals surface area contributed by atoms with Crippen LogP contribution in [-0.4, -0.2) is 23.4 Å². The van der Waals surface area contributed by atoms with Crippen molar-refractivity contribution in [2.45, 2.75) is 13.5 Å². The number of carbonyl (C=O) groups excluding carboxylic acids is 1. The third-order valence-corrected chi connectivity index (χ3v) is 2.55. The van der Waals surface area contributed by atoms with Gasteiger partial charge >= 0.3 is 5.97 Å². The molecule has 0 amide bonds. The van der Waals surface area contributed by atoms with E-state index in [-0.39, 0.29) is 6.61 Å². The summed E-state index contributed by atoms with van der Waals surface area (Å²) in [6.07, 6.45) is 0. The van der Waals surface area contributed by atoms with E-state index in [1.54, 1.807) is 19.1 Å². The van der Waals surface area contributed by atoms with Crippen LogP contribution in [0.5, 0.6) is 5.75 Å². The number of rotatable bonds is 4. The average molecular weight is 263 g/mol. The van der Waals surface area contributed by atoms with Crippen LogP contribution in [0.4, 0.5) is 5.69 Å². The summed E-state index contributed by atoms with van der Waals surface area (Å²) >= 11 is 0. The van der Waals surface area contributed by atoms with Gasteiger partial charge in [-0.15, -0.1) is 0 Å². The number of nitrogens with zero attached hydrogens (tertiary/aromatic N) is 2. The van der Waals surface area contributed by atoms with E-state index in [0.717, 1.165) is 0 Å². The summed E-state index contributed by atoms with van der Waals surface area (Å²) in [5.74, 6) is 0.00449. The molecule has 0 aliphatic rings. The van der Waals surface area contributed by atoms with Gasteiger partial charge < -0.3 is 15.2 Å². The molecule has 0 aliphatic carbocycles. The number of benzene rings is 1. The number of nitrogen functional groups attached to an aromatic ring is 1. The summed E-state index contributed by atoms with van der Waals surface area (Å²) in [6.45, 7) is 1.71. The molecule has 2 N–H and O–H groups in total. The van der Waals surface area contributed by atoms with Gasteiger partial charge in [0.25, 0.3) is 0 Å². The van der Waals surface area contributed by atoms with Gasteiger partial charge in [0.2, 0.25) is 0 Å². The highest BCUT2D eigenvalue weighted by atomic mass is 16.6. The van der Waals surface area contributed by atoms with Crippen molar-refractivity contribution in [2.75, 3.05) is 12.8 Å². The largest absolute Gasteiger partial charge is 0.495 e. The van der Waals surface area contributed by atoms with Crippen molar-refractivity contribution in [3.05, 3.63) is 35.2 Å². The molecule has 0 atom stereocenters. The number of hydrogen-bond donors (Lipinski definition) is 1. The number of ether oxygens (including phenoxy) is 2. The molecule has 2 rings (SSSR count). The lowest BCUT2D eigenvalue weighted by atomic mass is 10.2. The molecule has 1 heterocycles. The fraction of sp³-hybridized carbons (Fsp3) is 0.250. The number of methoxy groups -OCH3 is 1. The third-order valence-electron chi connectivity index (χ3n) is 2.55. The number of anilines is 1. The van der Waals surface area contributed by atoms with Crippen LogP contribution < -0.4 is 10.5 Å². The molecule has 0 radical (unpaired) electrons. The summed E-state index contributed by atoms with van der Waals surface area (Å²) in [7, 11) is 1.50. The first-order valence-corrected chi connectivity index (χ1v) is 5.50. The molecule has 0 aliphatic heterocycles. The van der Waals surface area contributed by atoms with Crippen molar-refractivity contribution in [3.8, 4) is 5.75 Å². The number of nitrogens with two attached hydrogens (primary N) is 1. The van der Waals surface area contributed by atoms with Crippen LogP contribution in [0.15, 0.2) is 22.8 Å². The Morgan fingerprint density at radius 1 is 1.42 bits per heavy atom. The first-order chi connectivity index (χ1) is 9.11. The van der Waals surface area contributed by atoms with Gasteiger partial charge in [0.1, 0.15) is 23.7 Å². The third kappa shape index (κ3) is 2.82. The molecule has 0 saturated carbocycles. The van der Waals surface area contributed by atoms with E-state index in [1.165, 1.54) is 13.2 Å². The minimum atomic E-state index is -0.503. The Morgan fingerprint density at radius 3 is 2.79 bits per heavy atom. The molecule has 1 aromatic heterocycles. The van der Waals surface area contributed by atoms with E-state index in [1.807, 2.05) is 0 Å². The lowest BCUT2D eigenvalue weighted by Crippen LogP contribution is -2.07. The first-order valence-electron chi connectivity index (χ1n) is 5.50. The van der Waals surface area contributed by atoms with Crippen molar-refractivity contribution in [1.29, 1.82) is 0 Å².